The summed E-state index contributed by atoms with van der Waals surface area (Å²) < 4.78 is 1.77. The lowest BCUT2D eigenvalue weighted by atomic mass is 10.1. The van der Waals surface area contributed by atoms with Gasteiger partial charge in [-0.2, -0.15) is 5.10 Å². The Kier molecular flexibility index (Phi) is 5.19. The number of carbonyl (C=O) groups is 2. The normalized spacial score (nSPS) is 16.6. The third kappa shape index (κ3) is 3.66. The Balaban J connectivity index is 1.34. The van der Waals surface area contributed by atoms with Crippen molar-refractivity contribution in [2.75, 3.05) is 26.2 Å². The van der Waals surface area contributed by atoms with E-state index in [2.05, 4.69) is 12.0 Å². The number of amides is 2. The highest BCUT2D eigenvalue weighted by Crippen LogP contribution is 2.40. The Bertz CT molecular complexity index is 1190. The van der Waals surface area contributed by atoms with Gasteiger partial charge in [0.25, 0.3) is 11.8 Å². The van der Waals surface area contributed by atoms with E-state index in [4.69, 9.17) is 4.98 Å². The van der Waals surface area contributed by atoms with Gasteiger partial charge < -0.3 is 9.80 Å². The Morgan fingerprint density at radius 1 is 1.00 bits per heavy atom. The van der Waals surface area contributed by atoms with E-state index in [9.17, 15) is 9.59 Å². The largest absolute Gasteiger partial charge is 0.335 e. The third-order valence-electron chi connectivity index (χ3n) is 6.68. The molecule has 1 aliphatic carbocycles. The number of aromatic nitrogens is 3. The lowest BCUT2D eigenvalue weighted by Gasteiger charge is -2.35. The first-order chi connectivity index (χ1) is 15.5. The van der Waals surface area contributed by atoms with Gasteiger partial charge in [0.05, 0.1) is 16.6 Å². The summed E-state index contributed by atoms with van der Waals surface area (Å²) in [6.45, 7) is 6.16. The Labute approximate surface area is 188 Å². The minimum Gasteiger partial charge on any atom is -0.335 e. The smallest absolute Gasteiger partial charge is 0.254 e. The quantitative estimate of drug-likeness (QED) is 0.635. The summed E-state index contributed by atoms with van der Waals surface area (Å²) in [5.74, 6) is 0.495. The van der Waals surface area contributed by atoms with Gasteiger partial charge in [-0.05, 0) is 49.9 Å². The first-order valence-corrected chi connectivity index (χ1v) is 11.5. The average Bonchev–Trinajstić information content (AvgIpc) is 3.64. The second-order valence-corrected chi connectivity index (χ2v) is 8.91. The highest BCUT2D eigenvalue weighted by atomic mass is 16.2. The molecular formula is C25H29N5O2. The standard InChI is InChI=1S/C25H29N5O2/c1-4-17-5-7-19(8-6-17)24(31)29-11-13-30(14-12-29)25(32)20-15-21(18-9-10-18)26-23-22(20)16(2)27-28(23)3/h5-8,15,18H,4,9-14H2,1-3H3. The summed E-state index contributed by atoms with van der Waals surface area (Å²) >= 11 is 0. The van der Waals surface area contributed by atoms with Crippen molar-refractivity contribution in [2.45, 2.75) is 39.0 Å². The van der Waals surface area contributed by atoms with E-state index < -0.39 is 0 Å². The van der Waals surface area contributed by atoms with Crippen molar-refractivity contribution in [3.8, 4) is 0 Å². The summed E-state index contributed by atoms with van der Waals surface area (Å²) in [7, 11) is 1.88. The molecule has 5 rings (SSSR count). The van der Waals surface area contributed by atoms with E-state index in [1.54, 1.807) is 4.68 Å². The molecule has 1 aromatic carbocycles. The number of rotatable bonds is 4. The molecule has 0 spiro atoms. The van der Waals surface area contributed by atoms with Crippen molar-refractivity contribution in [1.82, 2.24) is 24.6 Å². The number of benzene rings is 1. The van der Waals surface area contributed by atoms with Crippen LogP contribution in [0.5, 0.6) is 0 Å². The molecule has 3 heterocycles. The van der Waals surface area contributed by atoms with Crippen molar-refractivity contribution >= 4 is 22.8 Å². The molecule has 0 N–H and O–H groups in total. The summed E-state index contributed by atoms with van der Waals surface area (Å²) in [6.07, 6.45) is 3.21. The lowest BCUT2D eigenvalue weighted by Crippen LogP contribution is -2.50. The predicted octanol–water partition coefficient (Wildman–Crippen LogP) is 3.31. The number of aryl methyl sites for hydroxylation is 3. The molecule has 0 unspecified atom stereocenters. The molecule has 0 bridgehead atoms. The van der Waals surface area contributed by atoms with Crippen molar-refractivity contribution in [2.24, 2.45) is 7.05 Å². The van der Waals surface area contributed by atoms with E-state index in [1.165, 1.54) is 5.56 Å². The molecule has 2 aromatic heterocycles. The van der Waals surface area contributed by atoms with Crippen LogP contribution in [0.1, 0.15) is 63.4 Å². The van der Waals surface area contributed by atoms with Gasteiger partial charge in [-0.15, -0.1) is 0 Å². The predicted molar refractivity (Wildman–Crippen MR) is 123 cm³/mol. The molecular weight excluding hydrogens is 402 g/mol. The van der Waals surface area contributed by atoms with E-state index in [-0.39, 0.29) is 11.8 Å². The van der Waals surface area contributed by atoms with Crippen LogP contribution in [0.15, 0.2) is 30.3 Å². The summed E-state index contributed by atoms with van der Waals surface area (Å²) in [4.78, 5) is 35.0. The van der Waals surface area contributed by atoms with Gasteiger partial charge in [0, 0.05) is 50.4 Å². The maximum atomic E-state index is 13.5. The van der Waals surface area contributed by atoms with Crippen molar-refractivity contribution in [3.63, 3.8) is 0 Å². The van der Waals surface area contributed by atoms with E-state index >= 15 is 0 Å². The van der Waals surface area contributed by atoms with Crippen LogP contribution in [0.4, 0.5) is 0 Å². The van der Waals surface area contributed by atoms with Crippen LogP contribution in [0, 0.1) is 6.92 Å². The molecule has 2 amide bonds. The van der Waals surface area contributed by atoms with E-state index in [1.807, 2.05) is 54.1 Å². The Morgan fingerprint density at radius 2 is 1.62 bits per heavy atom. The summed E-state index contributed by atoms with van der Waals surface area (Å²) in [5, 5.41) is 5.35. The second kappa shape index (κ2) is 8.04. The number of hydrogen-bond acceptors (Lipinski definition) is 4. The molecule has 1 aliphatic heterocycles. The van der Waals surface area contributed by atoms with Crippen molar-refractivity contribution in [1.29, 1.82) is 0 Å². The monoisotopic (exact) mass is 431 g/mol. The maximum Gasteiger partial charge on any atom is 0.254 e. The molecule has 7 heteroatoms. The molecule has 3 aromatic rings. The van der Waals surface area contributed by atoms with Gasteiger partial charge in [0.15, 0.2) is 5.65 Å². The number of fused-ring (bicyclic) bond motifs is 1. The van der Waals surface area contributed by atoms with Crippen LogP contribution in [0.3, 0.4) is 0 Å². The molecule has 0 radical (unpaired) electrons. The minimum absolute atomic E-state index is 0.00907. The Hall–Kier alpha value is -3.22. The highest BCUT2D eigenvalue weighted by molar-refractivity contribution is 6.06. The topological polar surface area (TPSA) is 71.3 Å². The number of hydrogen-bond donors (Lipinski definition) is 0. The van der Waals surface area contributed by atoms with Gasteiger partial charge >= 0.3 is 0 Å². The first kappa shape index (κ1) is 20.7. The zero-order valence-corrected chi connectivity index (χ0v) is 19.0. The molecule has 2 aliphatic rings. The van der Waals surface area contributed by atoms with Crippen molar-refractivity contribution in [3.05, 3.63) is 58.4 Å². The first-order valence-electron chi connectivity index (χ1n) is 11.5. The van der Waals surface area contributed by atoms with Crippen LogP contribution in [0.2, 0.25) is 0 Å². The fourth-order valence-corrected chi connectivity index (χ4v) is 4.57. The van der Waals surface area contributed by atoms with Crippen LogP contribution < -0.4 is 0 Å². The van der Waals surface area contributed by atoms with Crippen LogP contribution >= 0.6 is 0 Å². The number of nitrogens with zero attached hydrogens (tertiary/aromatic N) is 5. The zero-order valence-electron chi connectivity index (χ0n) is 19.0. The van der Waals surface area contributed by atoms with Crippen LogP contribution in [-0.4, -0.2) is 62.6 Å². The Morgan fingerprint density at radius 3 is 2.22 bits per heavy atom. The molecule has 7 nitrogen and oxygen atoms in total. The molecule has 166 valence electrons. The number of carbonyl (C=O) groups excluding carboxylic acids is 2. The van der Waals surface area contributed by atoms with Crippen LogP contribution in [0.25, 0.3) is 11.0 Å². The highest BCUT2D eigenvalue weighted by Gasteiger charge is 2.31. The molecule has 1 saturated heterocycles. The zero-order chi connectivity index (χ0) is 22.4. The maximum absolute atomic E-state index is 13.5. The molecule has 1 saturated carbocycles. The van der Waals surface area contributed by atoms with Gasteiger partial charge in [0.2, 0.25) is 0 Å². The minimum atomic E-state index is 0.00907. The molecule has 2 fully saturated rings. The lowest BCUT2D eigenvalue weighted by molar-refractivity contribution is 0.0536. The summed E-state index contributed by atoms with van der Waals surface area (Å²) in [5.41, 5.74) is 5.21. The van der Waals surface area contributed by atoms with Gasteiger partial charge in [0.1, 0.15) is 0 Å². The second-order valence-electron chi connectivity index (χ2n) is 8.91. The molecule has 32 heavy (non-hydrogen) atoms. The SMILES string of the molecule is CCc1ccc(C(=O)N2CCN(C(=O)c3cc(C4CC4)nc4c3c(C)nn4C)CC2)cc1. The van der Waals surface area contributed by atoms with Crippen molar-refractivity contribution < 1.29 is 9.59 Å². The number of piperazine rings is 1. The third-order valence-corrected chi connectivity index (χ3v) is 6.68. The van der Waals surface area contributed by atoms with Gasteiger partial charge in [-0.1, -0.05) is 19.1 Å². The average molecular weight is 432 g/mol. The number of pyridine rings is 1. The fraction of sp³-hybridized carbons (Fsp3) is 0.440. The fourth-order valence-electron chi connectivity index (χ4n) is 4.57. The summed E-state index contributed by atoms with van der Waals surface area (Å²) in [6, 6.07) is 9.79. The van der Waals surface area contributed by atoms with Crippen LogP contribution in [-0.2, 0) is 13.5 Å². The van der Waals surface area contributed by atoms with Gasteiger partial charge in [-0.25, -0.2) is 4.98 Å². The van der Waals surface area contributed by atoms with Gasteiger partial charge in [-0.3, -0.25) is 14.3 Å². The van der Waals surface area contributed by atoms with E-state index in [0.717, 1.165) is 41.7 Å². The van der Waals surface area contributed by atoms with E-state index in [0.29, 0.717) is 43.2 Å². The molecule has 0 atom stereocenters.